The Labute approximate surface area is 119 Å². The zero-order chi connectivity index (χ0) is 14.0. The molecular weight excluding hydrogens is 291 g/mol. The molecule has 5 heteroatoms. The molecule has 0 aliphatic rings. The predicted octanol–water partition coefficient (Wildman–Crippen LogP) is 4.51. The van der Waals surface area contributed by atoms with Crippen LogP contribution in [0.4, 0.5) is 8.78 Å². The molecular formula is C14H11Cl2F2N. The first-order chi connectivity index (χ1) is 9.00. The molecule has 0 radical (unpaired) electrons. The van der Waals surface area contributed by atoms with Crippen LogP contribution in [0.15, 0.2) is 36.4 Å². The van der Waals surface area contributed by atoms with Gasteiger partial charge in [0, 0.05) is 11.6 Å². The monoisotopic (exact) mass is 301 g/mol. The van der Waals surface area contributed by atoms with Crippen molar-refractivity contribution < 1.29 is 8.78 Å². The predicted molar refractivity (Wildman–Crippen MR) is 73.5 cm³/mol. The van der Waals surface area contributed by atoms with E-state index in [1.54, 1.807) is 18.2 Å². The highest BCUT2D eigenvalue weighted by atomic mass is 35.5. The Kier molecular flexibility index (Phi) is 4.40. The molecule has 0 heterocycles. The van der Waals surface area contributed by atoms with Crippen molar-refractivity contribution in [3.63, 3.8) is 0 Å². The molecule has 0 aliphatic carbocycles. The molecule has 0 saturated heterocycles. The fourth-order valence-electron chi connectivity index (χ4n) is 1.86. The summed E-state index contributed by atoms with van der Waals surface area (Å²) in [6, 6.07) is 8.10. The molecule has 2 rings (SSSR count). The Balaban J connectivity index is 2.31. The second kappa shape index (κ2) is 5.87. The van der Waals surface area contributed by atoms with E-state index >= 15 is 0 Å². The summed E-state index contributed by atoms with van der Waals surface area (Å²) in [5, 5.41) is 0.678. The van der Waals surface area contributed by atoms with Crippen molar-refractivity contribution in [3.8, 4) is 0 Å². The van der Waals surface area contributed by atoms with Gasteiger partial charge in [-0.15, -0.1) is 0 Å². The van der Waals surface area contributed by atoms with Crippen LogP contribution in [0.5, 0.6) is 0 Å². The van der Waals surface area contributed by atoms with E-state index in [0.29, 0.717) is 15.6 Å². The molecule has 0 spiro atoms. The highest BCUT2D eigenvalue weighted by molar-refractivity contribution is 6.42. The average Bonchev–Trinajstić information content (AvgIpc) is 2.37. The van der Waals surface area contributed by atoms with E-state index in [-0.39, 0.29) is 12.0 Å². The summed E-state index contributed by atoms with van der Waals surface area (Å²) >= 11 is 11.9. The number of nitrogens with two attached hydrogens (primary N) is 1. The summed E-state index contributed by atoms with van der Waals surface area (Å²) < 4.78 is 27.1. The number of halogens is 4. The van der Waals surface area contributed by atoms with Gasteiger partial charge in [-0.1, -0.05) is 41.4 Å². The highest BCUT2D eigenvalue weighted by Crippen LogP contribution is 2.31. The number of rotatable bonds is 3. The van der Waals surface area contributed by atoms with Gasteiger partial charge in [0.25, 0.3) is 0 Å². The molecule has 2 N–H and O–H groups in total. The lowest BCUT2D eigenvalue weighted by Gasteiger charge is -2.15. The normalized spacial score (nSPS) is 12.5. The lowest BCUT2D eigenvalue weighted by Crippen LogP contribution is -2.15. The second-order valence-corrected chi connectivity index (χ2v) is 4.94. The summed E-state index contributed by atoms with van der Waals surface area (Å²) in [6.45, 7) is 0. The van der Waals surface area contributed by atoms with Crippen LogP contribution >= 0.6 is 23.2 Å². The van der Waals surface area contributed by atoms with Crippen molar-refractivity contribution in [2.75, 3.05) is 0 Å². The standard InChI is InChI=1S/C14H11Cl2F2N/c15-10-4-1-3-8(14(10)16)13(19)7-9-11(17)5-2-6-12(9)18/h1-6,13H,7,19H2. The van der Waals surface area contributed by atoms with Gasteiger partial charge in [-0.05, 0) is 30.2 Å². The fraction of sp³-hybridized carbons (Fsp3) is 0.143. The summed E-state index contributed by atoms with van der Waals surface area (Å²) in [5.74, 6) is -1.23. The maximum Gasteiger partial charge on any atom is 0.129 e. The average molecular weight is 302 g/mol. The van der Waals surface area contributed by atoms with Gasteiger partial charge in [0.15, 0.2) is 0 Å². The third kappa shape index (κ3) is 3.06. The van der Waals surface area contributed by atoms with Gasteiger partial charge >= 0.3 is 0 Å². The van der Waals surface area contributed by atoms with Gasteiger partial charge < -0.3 is 5.73 Å². The van der Waals surface area contributed by atoms with Crippen molar-refractivity contribution in [2.24, 2.45) is 5.73 Å². The van der Waals surface area contributed by atoms with Crippen LogP contribution in [0, 0.1) is 11.6 Å². The summed E-state index contributed by atoms with van der Waals surface area (Å²) in [7, 11) is 0. The van der Waals surface area contributed by atoms with Crippen LogP contribution in [0.1, 0.15) is 17.2 Å². The van der Waals surface area contributed by atoms with Crippen molar-refractivity contribution in [1.29, 1.82) is 0 Å². The fourth-order valence-corrected chi connectivity index (χ4v) is 2.31. The summed E-state index contributed by atoms with van der Waals surface area (Å²) in [5.41, 5.74) is 6.47. The van der Waals surface area contributed by atoms with E-state index in [0.717, 1.165) is 0 Å². The molecule has 0 aromatic heterocycles. The Hall–Kier alpha value is -1.16. The molecule has 0 amide bonds. The molecule has 0 saturated carbocycles. The lowest BCUT2D eigenvalue weighted by molar-refractivity contribution is 0.540. The zero-order valence-corrected chi connectivity index (χ0v) is 11.3. The Morgan fingerprint density at radius 1 is 1.00 bits per heavy atom. The lowest BCUT2D eigenvalue weighted by atomic mass is 9.99. The highest BCUT2D eigenvalue weighted by Gasteiger charge is 2.17. The molecule has 0 fully saturated rings. The molecule has 2 aromatic carbocycles. The van der Waals surface area contributed by atoms with Gasteiger partial charge in [-0.3, -0.25) is 0 Å². The van der Waals surface area contributed by atoms with E-state index < -0.39 is 17.7 Å². The van der Waals surface area contributed by atoms with Crippen LogP contribution < -0.4 is 5.73 Å². The molecule has 19 heavy (non-hydrogen) atoms. The maximum atomic E-state index is 13.6. The van der Waals surface area contributed by atoms with Gasteiger partial charge in [-0.2, -0.15) is 0 Å². The Morgan fingerprint density at radius 3 is 2.21 bits per heavy atom. The molecule has 1 atom stereocenters. The van der Waals surface area contributed by atoms with Gasteiger partial charge in [0.05, 0.1) is 10.0 Å². The first-order valence-corrected chi connectivity index (χ1v) is 6.38. The van der Waals surface area contributed by atoms with Crippen LogP contribution in [0.2, 0.25) is 10.0 Å². The first kappa shape index (κ1) is 14.3. The van der Waals surface area contributed by atoms with Crippen LogP contribution in [-0.4, -0.2) is 0 Å². The smallest absolute Gasteiger partial charge is 0.129 e. The van der Waals surface area contributed by atoms with Gasteiger partial charge in [0.2, 0.25) is 0 Å². The topological polar surface area (TPSA) is 26.0 Å². The van der Waals surface area contributed by atoms with E-state index in [2.05, 4.69) is 0 Å². The molecule has 0 bridgehead atoms. The Bertz CT molecular complexity index is 582. The maximum absolute atomic E-state index is 13.6. The molecule has 1 unspecified atom stereocenters. The quantitative estimate of drug-likeness (QED) is 0.886. The number of hydrogen-bond acceptors (Lipinski definition) is 1. The van der Waals surface area contributed by atoms with Crippen LogP contribution in [-0.2, 0) is 6.42 Å². The van der Waals surface area contributed by atoms with Gasteiger partial charge in [-0.25, -0.2) is 8.78 Å². The minimum atomic E-state index is -0.627. The summed E-state index contributed by atoms with van der Waals surface area (Å²) in [6.07, 6.45) is 0.0125. The number of hydrogen-bond donors (Lipinski definition) is 1. The SMILES string of the molecule is NC(Cc1c(F)cccc1F)c1cccc(Cl)c1Cl. The third-order valence-electron chi connectivity index (χ3n) is 2.87. The van der Waals surface area contributed by atoms with E-state index in [9.17, 15) is 8.78 Å². The second-order valence-electron chi connectivity index (χ2n) is 4.15. The van der Waals surface area contributed by atoms with Gasteiger partial charge in [0.1, 0.15) is 11.6 Å². The largest absolute Gasteiger partial charge is 0.324 e. The minimum absolute atomic E-state index is 0.0125. The van der Waals surface area contributed by atoms with Crippen molar-refractivity contribution in [2.45, 2.75) is 12.5 Å². The molecule has 100 valence electrons. The molecule has 2 aromatic rings. The van der Waals surface area contributed by atoms with E-state index in [1.165, 1.54) is 18.2 Å². The third-order valence-corrected chi connectivity index (χ3v) is 3.70. The minimum Gasteiger partial charge on any atom is -0.324 e. The Morgan fingerprint density at radius 2 is 1.58 bits per heavy atom. The van der Waals surface area contributed by atoms with E-state index in [1.807, 2.05) is 0 Å². The van der Waals surface area contributed by atoms with E-state index in [4.69, 9.17) is 28.9 Å². The molecule has 1 nitrogen and oxygen atoms in total. The number of benzene rings is 2. The van der Waals surface area contributed by atoms with Crippen molar-refractivity contribution in [3.05, 3.63) is 69.2 Å². The van der Waals surface area contributed by atoms with Crippen molar-refractivity contribution >= 4 is 23.2 Å². The van der Waals surface area contributed by atoms with Crippen molar-refractivity contribution in [1.82, 2.24) is 0 Å². The first-order valence-electron chi connectivity index (χ1n) is 5.63. The summed E-state index contributed by atoms with van der Waals surface area (Å²) in [4.78, 5) is 0. The van der Waals surface area contributed by atoms with Crippen LogP contribution in [0.3, 0.4) is 0 Å². The van der Waals surface area contributed by atoms with Crippen LogP contribution in [0.25, 0.3) is 0 Å². The zero-order valence-electron chi connectivity index (χ0n) is 9.84. The molecule has 0 aliphatic heterocycles.